The lowest BCUT2D eigenvalue weighted by Gasteiger charge is -2.45. The number of fused-ring (bicyclic) bond motifs is 1. The first-order valence-corrected chi connectivity index (χ1v) is 12.6. The molecular weight excluding hydrogens is 434 g/mol. The summed E-state index contributed by atoms with van der Waals surface area (Å²) in [4.78, 5) is 40.9. The number of nitrogens with one attached hydrogen (secondary N) is 1. The molecule has 3 aliphatic heterocycles. The van der Waals surface area contributed by atoms with E-state index in [9.17, 15) is 14.4 Å². The minimum absolute atomic E-state index is 0.0254. The molecule has 8 heteroatoms. The van der Waals surface area contributed by atoms with Crippen LogP contribution in [0.5, 0.6) is 5.75 Å². The van der Waals surface area contributed by atoms with Crippen molar-refractivity contribution in [1.82, 2.24) is 15.1 Å². The van der Waals surface area contributed by atoms with E-state index in [2.05, 4.69) is 17.1 Å². The number of imide groups is 1. The minimum atomic E-state index is -0.596. The predicted octanol–water partition coefficient (Wildman–Crippen LogP) is 2.64. The summed E-state index contributed by atoms with van der Waals surface area (Å²) in [6.45, 7) is 4.61. The Labute approximate surface area is 200 Å². The fraction of sp³-hybridized carbons (Fsp3) is 0.654. The van der Waals surface area contributed by atoms with Gasteiger partial charge >= 0.3 is 0 Å². The van der Waals surface area contributed by atoms with Crippen molar-refractivity contribution in [3.63, 3.8) is 0 Å². The lowest BCUT2D eigenvalue weighted by Crippen LogP contribution is -2.53. The van der Waals surface area contributed by atoms with Crippen LogP contribution in [0.1, 0.15) is 74.2 Å². The Morgan fingerprint density at radius 3 is 2.56 bits per heavy atom. The summed E-state index contributed by atoms with van der Waals surface area (Å²) in [7, 11) is 1.81. The highest BCUT2D eigenvalue weighted by Gasteiger charge is 2.40. The number of carbonyl (C=O) groups excluding carboxylic acids is 3. The van der Waals surface area contributed by atoms with Crippen LogP contribution in [-0.4, -0.2) is 71.5 Å². The largest absolute Gasteiger partial charge is 0.489 e. The summed E-state index contributed by atoms with van der Waals surface area (Å²) in [6, 6.07) is 5.46. The SMILES string of the molecule is COC1(C)CCN([C@H]2CCCCC2Oc2ccc3c(c2)CN(C2CCC(=O)NC2=O)C3=O)CC1. The quantitative estimate of drug-likeness (QED) is 0.667. The first kappa shape index (κ1) is 23.3. The first-order chi connectivity index (χ1) is 16.4. The molecule has 3 fully saturated rings. The van der Waals surface area contributed by atoms with Gasteiger partial charge in [0.05, 0.1) is 5.60 Å². The number of piperidine rings is 2. The van der Waals surface area contributed by atoms with Gasteiger partial charge in [0.15, 0.2) is 0 Å². The van der Waals surface area contributed by atoms with E-state index in [1.807, 2.05) is 25.3 Å². The van der Waals surface area contributed by atoms with Crippen molar-refractivity contribution < 1.29 is 23.9 Å². The summed E-state index contributed by atoms with van der Waals surface area (Å²) >= 11 is 0. The van der Waals surface area contributed by atoms with E-state index < -0.39 is 6.04 Å². The van der Waals surface area contributed by atoms with Gasteiger partial charge in [-0.2, -0.15) is 0 Å². The second-order valence-electron chi connectivity index (χ2n) is 10.4. The molecule has 3 heterocycles. The van der Waals surface area contributed by atoms with Crippen molar-refractivity contribution in [2.24, 2.45) is 0 Å². The number of hydrogen-bond donors (Lipinski definition) is 1. The van der Waals surface area contributed by atoms with Gasteiger partial charge in [-0.05, 0) is 69.2 Å². The molecule has 184 valence electrons. The lowest BCUT2D eigenvalue weighted by atomic mass is 9.87. The topological polar surface area (TPSA) is 88.2 Å². The molecule has 2 unspecified atom stereocenters. The zero-order valence-corrected chi connectivity index (χ0v) is 20.2. The molecule has 0 spiro atoms. The summed E-state index contributed by atoms with van der Waals surface area (Å²) in [5.41, 5.74) is 1.48. The number of carbonyl (C=O) groups is 3. The van der Waals surface area contributed by atoms with E-state index in [0.717, 1.165) is 56.5 Å². The first-order valence-electron chi connectivity index (χ1n) is 12.6. The molecule has 0 bridgehead atoms. The van der Waals surface area contributed by atoms with Crippen molar-refractivity contribution in [3.05, 3.63) is 29.3 Å². The van der Waals surface area contributed by atoms with Gasteiger partial charge in [-0.25, -0.2) is 0 Å². The second-order valence-corrected chi connectivity index (χ2v) is 10.4. The third kappa shape index (κ3) is 4.45. The fourth-order valence-corrected chi connectivity index (χ4v) is 5.96. The Bertz CT molecular complexity index is 971. The van der Waals surface area contributed by atoms with Gasteiger partial charge in [0.1, 0.15) is 17.9 Å². The average molecular weight is 470 g/mol. The van der Waals surface area contributed by atoms with E-state index in [4.69, 9.17) is 9.47 Å². The van der Waals surface area contributed by atoms with Gasteiger partial charge in [-0.3, -0.25) is 24.6 Å². The molecule has 4 aliphatic rings. The van der Waals surface area contributed by atoms with Crippen LogP contribution in [0.3, 0.4) is 0 Å². The fourth-order valence-electron chi connectivity index (χ4n) is 5.96. The third-order valence-electron chi connectivity index (χ3n) is 8.27. The molecule has 1 saturated carbocycles. The van der Waals surface area contributed by atoms with E-state index in [1.165, 1.54) is 6.42 Å². The zero-order valence-electron chi connectivity index (χ0n) is 20.2. The van der Waals surface area contributed by atoms with Crippen molar-refractivity contribution in [1.29, 1.82) is 0 Å². The number of likely N-dealkylation sites (tertiary alicyclic amines) is 1. The van der Waals surface area contributed by atoms with Crippen LogP contribution in [-0.2, 0) is 20.9 Å². The second kappa shape index (κ2) is 9.30. The van der Waals surface area contributed by atoms with Crippen LogP contribution in [0.15, 0.2) is 18.2 Å². The highest BCUT2D eigenvalue weighted by molar-refractivity contribution is 6.05. The molecule has 5 rings (SSSR count). The molecule has 1 aliphatic carbocycles. The Morgan fingerprint density at radius 1 is 1.06 bits per heavy atom. The van der Waals surface area contributed by atoms with Gasteiger partial charge in [0.25, 0.3) is 5.91 Å². The molecule has 34 heavy (non-hydrogen) atoms. The van der Waals surface area contributed by atoms with E-state index in [1.54, 1.807) is 4.90 Å². The van der Waals surface area contributed by atoms with Crippen LogP contribution in [0.25, 0.3) is 0 Å². The van der Waals surface area contributed by atoms with Crippen LogP contribution in [0, 0.1) is 0 Å². The molecule has 0 radical (unpaired) electrons. The minimum Gasteiger partial charge on any atom is -0.489 e. The Morgan fingerprint density at radius 2 is 1.82 bits per heavy atom. The molecule has 0 aromatic heterocycles. The molecule has 2 saturated heterocycles. The number of methoxy groups -OCH3 is 1. The number of hydrogen-bond acceptors (Lipinski definition) is 6. The number of rotatable bonds is 5. The van der Waals surface area contributed by atoms with Crippen molar-refractivity contribution in [3.8, 4) is 5.75 Å². The number of amides is 3. The summed E-state index contributed by atoms with van der Waals surface area (Å²) in [5, 5.41) is 2.35. The number of ether oxygens (including phenoxy) is 2. The van der Waals surface area contributed by atoms with Gasteiger partial charge < -0.3 is 14.4 Å². The highest BCUT2D eigenvalue weighted by Crippen LogP contribution is 2.34. The summed E-state index contributed by atoms with van der Waals surface area (Å²) < 4.78 is 12.3. The monoisotopic (exact) mass is 469 g/mol. The maximum absolute atomic E-state index is 13.0. The van der Waals surface area contributed by atoms with Crippen molar-refractivity contribution >= 4 is 17.7 Å². The van der Waals surface area contributed by atoms with Gasteiger partial charge in [0, 0.05) is 44.8 Å². The van der Waals surface area contributed by atoms with Crippen LogP contribution >= 0.6 is 0 Å². The molecular formula is C26H35N3O5. The molecule has 8 nitrogen and oxygen atoms in total. The highest BCUT2D eigenvalue weighted by atomic mass is 16.5. The van der Waals surface area contributed by atoms with Crippen molar-refractivity contribution in [2.45, 2.75) is 88.6 Å². The Kier molecular flexibility index (Phi) is 6.37. The molecule has 1 N–H and O–H groups in total. The van der Waals surface area contributed by atoms with Gasteiger partial charge in [-0.15, -0.1) is 0 Å². The van der Waals surface area contributed by atoms with Crippen LogP contribution in [0.2, 0.25) is 0 Å². The summed E-state index contributed by atoms with van der Waals surface area (Å²) in [5.74, 6) is -0.0258. The summed E-state index contributed by atoms with van der Waals surface area (Å²) in [6.07, 6.45) is 7.38. The normalized spacial score (nSPS) is 29.6. The molecule has 1 aromatic carbocycles. The van der Waals surface area contributed by atoms with E-state index >= 15 is 0 Å². The molecule has 1 aromatic rings. The Hall–Kier alpha value is -2.45. The van der Waals surface area contributed by atoms with Crippen molar-refractivity contribution in [2.75, 3.05) is 20.2 Å². The zero-order chi connectivity index (χ0) is 23.9. The Balaban J connectivity index is 1.27. The maximum atomic E-state index is 13.0. The molecule has 3 amide bonds. The maximum Gasteiger partial charge on any atom is 0.255 e. The van der Waals surface area contributed by atoms with E-state index in [-0.39, 0.29) is 35.8 Å². The van der Waals surface area contributed by atoms with Crippen LogP contribution in [0.4, 0.5) is 0 Å². The average Bonchev–Trinajstić information content (AvgIpc) is 3.15. The lowest BCUT2D eigenvalue weighted by molar-refractivity contribution is -0.136. The van der Waals surface area contributed by atoms with Crippen LogP contribution < -0.4 is 10.1 Å². The smallest absolute Gasteiger partial charge is 0.255 e. The number of nitrogens with zero attached hydrogens (tertiary/aromatic N) is 2. The van der Waals surface area contributed by atoms with Gasteiger partial charge in [-0.1, -0.05) is 6.42 Å². The third-order valence-corrected chi connectivity index (χ3v) is 8.27. The predicted molar refractivity (Wildman–Crippen MR) is 125 cm³/mol. The number of benzene rings is 1. The van der Waals surface area contributed by atoms with E-state index in [0.29, 0.717) is 24.6 Å². The standard InChI is InChI=1S/C26H35N3O5/c1-26(33-2)11-13-28(14-12-26)20-5-3-4-6-22(20)34-18-7-8-19-17(15-18)16-29(25(19)32)21-9-10-23(30)27-24(21)31/h7-8,15,20-22H,3-6,9-14,16H2,1-2H3,(H,27,30,31)/t20-,21?,22?/m0/s1. The van der Waals surface area contributed by atoms with Gasteiger partial charge in [0.2, 0.25) is 11.8 Å². The molecule has 3 atom stereocenters.